The van der Waals surface area contributed by atoms with E-state index in [2.05, 4.69) is 0 Å². The fraction of sp³-hybridized carbons (Fsp3) is 0.909. The average molecular weight is 217 g/mol. The van der Waals surface area contributed by atoms with Crippen molar-refractivity contribution >= 4 is 6.09 Å². The van der Waals surface area contributed by atoms with Gasteiger partial charge in [-0.1, -0.05) is 0 Å². The zero-order valence-electron chi connectivity index (χ0n) is 9.75. The van der Waals surface area contributed by atoms with Gasteiger partial charge < -0.3 is 9.64 Å². The fourth-order valence-electron chi connectivity index (χ4n) is 1.58. The molecule has 1 fully saturated rings. The number of amides is 1. The van der Waals surface area contributed by atoms with E-state index < -0.39 is 17.9 Å². The number of rotatable bonds is 0. The molecule has 1 aliphatic rings. The molecule has 4 heteroatoms. The van der Waals surface area contributed by atoms with E-state index in [1.54, 1.807) is 0 Å². The van der Waals surface area contributed by atoms with Gasteiger partial charge >= 0.3 is 6.09 Å². The summed E-state index contributed by atoms with van der Waals surface area (Å²) >= 11 is 0. The molecule has 0 unspecified atom stereocenters. The topological polar surface area (TPSA) is 29.5 Å². The van der Waals surface area contributed by atoms with Crippen LogP contribution in [0.15, 0.2) is 0 Å². The fourth-order valence-corrected chi connectivity index (χ4v) is 1.58. The van der Waals surface area contributed by atoms with Gasteiger partial charge in [0.15, 0.2) is 0 Å². The molecule has 0 aromatic rings. The minimum atomic E-state index is -0.903. The molecule has 1 aliphatic heterocycles. The molecule has 88 valence electrons. The molecule has 0 spiro atoms. The SMILES string of the molecule is CC(C)(C)OC(=O)N1CCCC[C@H](F)C1. The van der Waals surface area contributed by atoms with Crippen LogP contribution >= 0.6 is 0 Å². The van der Waals surface area contributed by atoms with Crippen molar-refractivity contribution in [3.05, 3.63) is 0 Å². The maximum Gasteiger partial charge on any atom is 0.410 e. The molecule has 1 amide bonds. The van der Waals surface area contributed by atoms with Crippen molar-refractivity contribution in [3.8, 4) is 0 Å². The minimum Gasteiger partial charge on any atom is -0.444 e. The van der Waals surface area contributed by atoms with Gasteiger partial charge in [0, 0.05) is 6.54 Å². The van der Waals surface area contributed by atoms with Crippen LogP contribution in [-0.4, -0.2) is 35.9 Å². The maximum atomic E-state index is 13.2. The molecular weight excluding hydrogens is 197 g/mol. The highest BCUT2D eigenvalue weighted by Gasteiger charge is 2.25. The first-order valence-electron chi connectivity index (χ1n) is 5.50. The van der Waals surface area contributed by atoms with Crippen LogP contribution < -0.4 is 0 Å². The van der Waals surface area contributed by atoms with Crippen LogP contribution in [0.2, 0.25) is 0 Å². The molecule has 0 saturated carbocycles. The summed E-state index contributed by atoms with van der Waals surface area (Å²) in [6.07, 6.45) is 0.964. The van der Waals surface area contributed by atoms with E-state index >= 15 is 0 Å². The monoisotopic (exact) mass is 217 g/mol. The van der Waals surface area contributed by atoms with Gasteiger partial charge in [-0.05, 0) is 40.0 Å². The Morgan fingerprint density at radius 1 is 1.40 bits per heavy atom. The van der Waals surface area contributed by atoms with Crippen LogP contribution in [-0.2, 0) is 4.74 Å². The molecule has 0 aromatic carbocycles. The predicted molar refractivity (Wildman–Crippen MR) is 56.6 cm³/mol. The molecule has 1 rings (SSSR count). The van der Waals surface area contributed by atoms with Crippen molar-refractivity contribution in [1.82, 2.24) is 4.90 Å². The Balaban J connectivity index is 2.50. The lowest BCUT2D eigenvalue weighted by Gasteiger charge is -2.26. The van der Waals surface area contributed by atoms with Gasteiger partial charge in [0.05, 0.1) is 6.54 Å². The van der Waals surface area contributed by atoms with E-state index in [0.29, 0.717) is 13.0 Å². The number of alkyl halides is 1. The lowest BCUT2D eigenvalue weighted by molar-refractivity contribution is 0.0221. The van der Waals surface area contributed by atoms with Gasteiger partial charge in [-0.2, -0.15) is 0 Å². The summed E-state index contributed by atoms with van der Waals surface area (Å²) in [7, 11) is 0. The first-order chi connectivity index (χ1) is 6.88. The highest BCUT2D eigenvalue weighted by Crippen LogP contribution is 2.16. The average Bonchev–Trinajstić information content (AvgIpc) is 2.26. The summed E-state index contributed by atoms with van der Waals surface area (Å²) in [6.45, 7) is 6.23. The van der Waals surface area contributed by atoms with E-state index in [1.165, 1.54) is 4.90 Å². The van der Waals surface area contributed by atoms with Crippen molar-refractivity contribution in [1.29, 1.82) is 0 Å². The van der Waals surface area contributed by atoms with Crippen LogP contribution in [0.3, 0.4) is 0 Å². The second kappa shape index (κ2) is 4.81. The van der Waals surface area contributed by atoms with Crippen LogP contribution in [0.4, 0.5) is 9.18 Å². The Kier molecular flexibility index (Phi) is 3.94. The van der Waals surface area contributed by atoms with Crippen LogP contribution in [0.1, 0.15) is 40.0 Å². The molecule has 0 N–H and O–H groups in total. The van der Waals surface area contributed by atoms with Gasteiger partial charge in [0.2, 0.25) is 0 Å². The minimum absolute atomic E-state index is 0.176. The van der Waals surface area contributed by atoms with Crippen LogP contribution in [0.25, 0.3) is 0 Å². The molecule has 1 atom stereocenters. The Labute approximate surface area is 90.6 Å². The summed E-state index contributed by atoms with van der Waals surface area (Å²) in [6, 6.07) is 0. The molecule has 3 nitrogen and oxygen atoms in total. The van der Waals surface area contributed by atoms with Crippen LogP contribution in [0.5, 0.6) is 0 Å². The Morgan fingerprint density at radius 3 is 2.67 bits per heavy atom. The Morgan fingerprint density at radius 2 is 2.07 bits per heavy atom. The highest BCUT2D eigenvalue weighted by atomic mass is 19.1. The van der Waals surface area contributed by atoms with Gasteiger partial charge in [0.25, 0.3) is 0 Å². The van der Waals surface area contributed by atoms with Crippen molar-refractivity contribution in [3.63, 3.8) is 0 Å². The first kappa shape index (κ1) is 12.3. The number of hydrogen-bond acceptors (Lipinski definition) is 2. The quantitative estimate of drug-likeness (QED) is 0.624. The molecule has 0 bridgehead atoms. The maximum absolute atomic E-state index is 13.2. The van der Waals surface area contributed by atoms with Crippen molar-refractivity contribution in [2.45, 2.75) is 51.8 Å². The summed E-state index contributed by atoms with van der Waals surface area (Å²) in [4.78, 5) is 13.1. The number of halogens is 1. The van der Waals surface area contributed by atoms with E-state index in [-0.39, 0.29) is 6.54 Å². The third-order valence-corrected chi connectivity index (χ3v) is 2.27. The largest absolute Gasteiger partial charge is 0.444 e. The number of ether oxygens (including phenoxy) is 1. The van der Waals surface area contributed by atoms with Gasteiger partial charge in [-0.15, -0.1) is 0 Å². The number of nitrogens with zero attached hydrogens (tertiary/aromatic N) is 1. The second-order valence-electron chi connectivity index (χ2n) is 5.02. The van der Waals surface area contributed by atoms with E-state index in [1.807, 2.05) is 20.8 Å². The molecule has 1 heterocycles. The smallest absolute Gasteiger partial charge is 0.410 e. The summed E-state index contributed by atoms with van der Waals surface area (Å²) in [5.74, 6) is 0. The van der Waals surface area contributed by atoms with E-state index in [9.17, 15) is 9.18 Å². The normalized spacial score (nSPS) is 23.5. The standard InChI is InChI=1S/C11H20FNO2/c1-11(2,3)15-10(14)13-7-5-4-6-9(12)8-13/h9H,4-8H2,1-3H3/t9-/m0/s1. The van der Waals surface area contributed by atoms with Gasteiger partial charge in [-0.25, -0.2) is 9.18 Å². The summed E-state index contributed by atoms with van der Waals surface area (Å²) < 4.78 is 18.4. The predicted octanol–water partition coefficient (Wildman–Crippen LogP) is 2.75. The zero-order valence-corrected chi connectivity index (χ0v) is 9.75. The molecule has 1 saturated heterocycles. The molecule has 0 aromatic heterocycles. The lowest BCUT2D eigenvalue weighted by atomic mass is 10.2. The van der Waals surface area contributed by atoms with Crippen molar-refractivity contribution in [2.24, 2.45) is 0 Å². The Bertz CT molecular complexity index is 225. The summed E-state index contributed by atoms with van der Waals surface area (Å²) in [5, 5.41) is 0. The van der Waals surface area contributed by atoms with Crippen molar-refractivity contribution < 1.29 is 13.9 Å². The molecular formula is C11H20FNO2. The van der Waals surface area contributed by atoms with Crippen LogP contribution in [0, 0.1) is 0 Å². The number of carbonyl (C=O) groups is 1. The Hall–Kier alpha value is -0.800. The van der Waals surface area contributed by atoms with E-state index in [0.717, 1.165) is 12.8 Å². The third-order valence-electron chi connectivity index (χ3n) is 2.27. The number of hydrogen-bond donors (Lipinski definition) is 0. The first-order valence-corrected chi connectivity index (χ1v) is 5.50. The second-order valence-corrected chi connectivity index (χ2v) is 5.02. The molecule has 15 heavy (non-hydrogen) atoms. The summed E-state index contributed by atoms with van der Waals surface area (Å²) in [5.41, 5.74) is -0.505. The number of carbonyl (C=O) groups excluding carboxylic acids is 1. The zero-order chi connectivity index (χ0) is 11.5. The number of likely N-dealkylation sites (tertiary alicyclic amines) is 1. The third kappa shape index (κ3) is 4.49. The lowest BCUT2D eigenvalue weighted by Crippen LogP contribution is -2.39. The van der Waals surface area contributed by atoms with Gasteiger partial charge in [0.1, 0.15) is 11.8 Å². The van der Waals surface area contributed by atoms with Gasteiger partial charge in [-0.3, -0.25) is 0 Å². The van der Waals surface area contributed by atoms with Crippen molar-refractivity contribution in [2.75, 3.05) is 13.1 Å². The van der Waals surface area contributed by atoms with E-state index in [4.69, 9.17) is 4.74 Å². The molecule has 0 aliphatic carbocycles. The molecule has 0 radical (unpaired) electrons. The highest BCUT2D eigenvalue weighted by molar-refractivity contribution is 5.68.